The molecular weight excluding hydrogens is 216 g/mol. The van der Waals surface area contributed by atoms with Crippen molar-refractivity contribution in [2.45, 2.75) is 22.8 Å². The van der Waals surface area contributed by atoms with Crippen molar-refractivity contribution in [2.75, 3.05) is 0 Å². The highest BCUT2D eigenvalue weighted by Crippen LogP contribution is 2.60. The van der Waals surface area contributed by atoms with Gasteiger partial charge >= 0.3 is 0 Å². The largest absolute Gasteiger partial charge is 0.295 e. The molecule has 0 aromatic heterocycles. The molecule has 0 saturated carbocycles. The first kappa shape index (κ1) is 10.1. The van der Waals surface area contributed by atoms with Gasteiger partial charge in [-0.3, -0.25) is 4.79 Å². The predicted octanol–water partition coefficient (Wildman–Crippen LogP) is 3.17. The maximum absolute atomic E-state index is 11.9. The minimum atomic E-state index is -0.842. The predicted molar refractivity (Wildman–Crippen MR) is 60.7 cm³/mol. The summed E-state index contributed by atoms with van der Waals surface area (Å²) in [5.41, 5.74) is 0.885. The number of rotatable bonds is 1. The first-order chi connectivity index (χ1) is 6.47. The lowest BCUT2D eigenvalue weighted by molar-refractivity contribution is -0.123. The SMILES string of the molecule is CC1(C)SC(Cl)(c2ccccc2)C1=O. The maximum Gasteiger partial charge on any atom is 0.183 e. The van der Waals surface area contributed by atoms with E-state index < -0.39 is 4.21 Å². The quantitative estimate of drug-likeness (QED) is 0.685. The third-order valence-corrected chi connectivity index (χ3v) is 4.40. The molecule has 1 fully saturated rings. The Morgan fingerprint density at radius 1 is 1.21 bits per heavy atom. The highest BCUT2D eigenvalue weighted by atomic mass is 35.5. The van der Waals surface area contributed by atoms with Crippen LogP contribution < -0.4 is 0 Å². The van der Waals surface area contributed by atoms with Crippen molar-refractivity contribution in [2.24, 2.45) is 0 Å². The standard InChI is InChI=1S/C11H11ClOS/c1-10(2)9(13)11(12,14-10)8-6-4-3-5-7-8/h3-7H,1-2H3. The zero-order chi connectivity index (χ0) is 10.4. The molecule has 1 atom stereocenters. The number of carbonyl (C=O) groups excluding carboxylic acids is 1. The topological polar surface area (TPSA) is 17.1 Å². The van der Waals surface area contributed by atoms with Gasteiger partial charge in [-0.05, 0) is 19.4 Å². The van der Waals surface area contributed by atoms with Crippen LogP contribution in [0.5, 0.6) is 0 Å². The lowest BCUT2D eigenvalue weighted by Crippen LogP contribution is -2.53. The van der Waals surface area contributed by atoms with E-state index in [1.54, 1.807) is 0 Å². The molecule has 1 aliphatic heterocycles. The summed E-state index contributed by atoms with van der Waals surface area (Å²) in [6, 6.07) is 9.51. The highest BCUT2D eigenvalue weighted by Gasteiger charge is 2.59. The van der Waals surface area contributed by atoms with E-state index in [2.05, 4.69) is 0 Å². The summed E-state index contributed by atoms with van der Waals surface area (Å²) in [6.07, 6.45) is 0. The second-order valence-electron chi connectivity index (χ2n) is 3.90. The summed E-state index contributed by atoms with van der Waals surface area (Å²) >= 11 is 7.79. The zero-order valence-corrected chi connectivity index (χ0v) is 9.65. The number of benzene rings is 1. The van der Waals surface area contributed by atoms with Crippen molar-refractivity contribution >= 4 is 29.1 Å². The summed E-state index contributed by atoms with van der Waals surface area (Å²) in [7, 11) is 0. The molecule has 0 bridgehead atoms. The summed E-state index contributed by atoms with van der Waals surface area (Å²) in [5, 5.41) is 0. The highest BCUT2D eigenvalue weighted by molar-refractivity contribution is 8.07. The van der Waals surface area contributed by atoms with Crippen LogP contribution in [0.2, 0.25) is 0 Å². The minimum absolute atomic E-state index is 0.0999. The van der Waals surface area contributed by atoms with E-state index in [1.165, 1.54) is 11.8 Å². The molecule has 2 rings (SSSR count). The van der Waals surface area contributed by atoms with E-state index in [0.717, 1.165) is 5.56 Å². The number of thioether (sulfide) groups is 1. The normalized spacial score (nSPS) is 29.8. The Bertz CT molecular complexity index is 374. The van der Waals surface area contributed by atoms with Crippen LogP contribution in [-0.2, 0) is 9.00 Å². The molecule has 1 aromatic carbocycles. The number of ketones is 1. The van der Waals surface area contributed by atoms with Gasteiger partial charge in [0.2, 0.25) is 0 Å². The Balaban J connectivity index is 2.34. The fourth-order valence-electron chi connectivity index (χ4n) is 1.63. The van der Waals surface area contributed by atoms with Crippen LogP contribution in [0.3, 0.4) is 0 Å². The summed E-state index contributed by atoms with van der Waals surface area (Å²) < 4.78 is -1.18. The van der Waals surface area contributed by atoms with Gasteiger partial charge in [0.15, 0.2) is 9.99 Å². The summed E-state index contributed by atoms with van der Waals surface area (Å²) in [6.45, 7) is 3.81. The lowest BCUT2D eigenvalue weighted by atomic mass is 9.97. The molecule has 0 N–H and O–H groups in total. The third-order valence-electron chi connectivity index (χ3n) is 2.38. The van der Waals surface area contributed by atoms with Crippen molar-refractivity contribution in [3.63, 3.8) is 0 Å². The van der Waals surface area contributed by atoms with E-state index in [-0.39, 0.29) is 10.5 Å². The maximum atomic E-state index is 11.9. The Kier molecular flexibility index (Phi) is 2.16. The molecule has 1 saturated heterocycles. The number of alkyl halides is 1. The molecule has 1 aliphatic rings. The van der Waals surface area contributed by atoms with Gasteiger partial charge in [-0.15, -0.1) is 11.8 Å². The number of Topliss-reactive ketones (excluding diaryl/α,β-unsaturated/α-hetero) is 1. The molecule has 1 heterocycles. The number of carbonyl (C=O) groups is 1. The van der Waals surface area contributed by atoms with Crippen LogP contribution in [0, 0.1) is 0 Å². The monoisotopic (exact) mass is 226 g/mol. The van der Waals surface area contributed by atoms with Crippen molar-refractivity contribution in [3.05, 3.63) is 35.9 Å². The Hall–Kier alpha value is -0.470. The molecular formula is C11H11ClOS. The fourth-order valence-corrected chi connectivity index (χ4v) is 4.02. The van der Waals surface area contributed by atoms with Crippen LogP contribution in [0.25, 0.3) is 0 Å². The number of hydrogen-bond donors (Lipinski definition) is 0. The molecule has 1 unspecified atom stereocenters. The van der Waals surface area contributed by atoms with E-state index in [4.69, 9.17) is 11.6 Å². The van der Waals surface area contributed by atoms with Gasteiger partial charge in [0.25, 0.3) is 0 Å². The average molecular weight is 227 g/mol. The molecule has 1 nitrogen and oxygen atoms in total. The van der Waals surface area contributed by atoms with Gasteiger partial charge in [0, 0.05) is 0 Å². The van der Waals surface area contributed by atoms with E-state index >= 15 is 0 Å². The summed E-state index contributed by atoms with van der Waals surface area (Å²) in [5.74, 6) is 0.0999. The molecule has 0 aliphatic carbocycles. The van der Waals surface area contributed by atoms with Crippen molar-refractivity contribution in [1.82, 2.24) is 0 Å². The molecule has 14 heavy (non-hydrogen) atoms. The van der Waals surface area contributed by atoms with Gasteiger partial charge in [-0.25, -0.2) is 0 Å². The molecule has 0 radical (unpaired) electrons. The molecule has 0 spiro atoms. The van der Waals surface area contributed by atoms with Gasteiger partial charge in [-0.2, -0.15) is 0 Å². The Morgan fingerprint density at radius 2 is 1.79 bits per heavy atom. The van der Waals surface area contributed by atoms with Gasteiger partial charge < -0.3 is 0 Å². The second-order valence-corrected chi connectivity index (χ2v) is 6.53. The van der Waals surface area contributed by atoms with Gasteiger partial charge in [0.1, 0.15) is 0 Å². The van der Waals surface area contributed by atoms with Crippen LogP contribution in [0.4, 0.5) is 0 Å². The molecule has 1 aromatic rings. The molecule has 0 amide bonds. The van der Waals surface area contributed by atoms with Crippen LogP contribution >= 0.6 is 23.4 Å². The minimum Gasteiger partial charge on any atom is -0.295 e. The average Bonchev–Trinajstić information content (AvgIpc) is 2.18. The number of hydrogen-bond acceptors (Lipinski definition) is 2. The van der Waals surface area contributed by atoms with Crippen LogP contribution in [0.1, 0.15) is 19.4 Å². The molecule has 3 heteroatoms. The van der Waals surface area contributed by atoms with E-state index in [9.17, 15) is 4.79 Å². The lowest BCUT2D eigenvalue weighted by Gasteiger charge is -2.46. The third kappa shape index (κ3) is 1.29. The Labute approximate surface area is 92.8 Å². The smallest absolute Gasteiger partial charge is 0.183 e. The van der Waals surface area contributed by atoms with Crippen molar-refractivity contribution in [1.29, 1.82) is 0 Å². The zero-order valence-electron chi connectivity index (χ0n) is 8.08. The van der Waals surface area contributed by atoms with E-state index in [0.29, 0.717) is 0 Å². The van der Waals surface area contributed by atoms with E-state index in [1.807, 2.05) is 44.2 Å². The Morgan fingerprint density at radius 3 is 2.21 bits per heavy atom. The first-order valence-corrected chi connectivity index (χ1v) is 5.66. The second kappa shape index (κ2) is 3.01. The first-order valence-electron chi connectivity index (χ1n) is 4.46. The van der Waals surface area contributed by atoms with Crippen molar-refractivity contribution < 1.29 is 4.79 Å². The summed E-state index contributed by atoms with van der Waals surface area (Å²) in [4.78, 5) is 11.9. The molecule has 74 valence electrons. The fraction of sp³-hybridized carbons (Fsp3) is 0.364. The van der Waals surface area contributed by atoms with Crippen molar-refractivity contribution in [3.8, 4) is 0 Å². The van der Waals surface area contributed by atoms with Gasteiger partial charge in [0.05, 0.1) is 4.75 Å². The van der Waals surface area contributed by atoms with Crippen LogP contribution in [-0.4, -0.2) is 10.5 Å². The van der Waals surface area contributed by atoms with Gasteiger partial charge in [-0.1, -0.05) is 41.9 Å². The van der Waals surface area contributed by atoms with Crippen LogP contribution in [0.15, 0.2) is 30.3 Å². The number of halogens is 1.